The summed E-state index contributed by atoms with van der Waals surface area (Å²) in [6, 6.07) is -6.08. The lowest BCUT2D eigenvalue weighted by atomic mass is 9.91. The van der Waals surface area contributed by atoms with E-state index in [2.05, 4.69) is 47.4 Å². The maximum Gasteiger partial charge on any atom is 0.248 e. The first-order valence-corrected chi connectivity index (χ1v) is 25.9. The summed E-state index contributed by atoms with van der Waals surface area (Å²) in [7, 11) is 0. The summed E-state index contributed by atoms with van der Waals surface area (Å²) in [4.78, 5) is 100. The molecule has 15 unspecified atom stereocenters. The minimum Gasteiger partial charge on any atom is -0.508 e. The van der Waals surface area contributed by atoms with Crippen molar-refractivity contribution < 1.29 is 74.4 Å². The molecule has 15 N–H and O–H groups in total. The number of fused-ring (bicyclic) bond motifs is 2. The lowest BCUT2D eigenvalue weighted by Crippen LogP contribution is -2.64. The Morgan fingerprint density at radius 3 is 2.00 bits per heavy atom. The van der Waals surface area contributed by atoms with E-state index >= 15 is 0 Å². The Hall–Kier alpha value is -5.01. The van der Waals surface area contributed by atoms with Gasteiger partial charge in [-0.25, -0.2) is 0 Å². The highest BCUT2D eigenvalue weighted by Gasteiger charge is 2.48. The van der Waals surface area contributed by atoms with Gasteiger partial charge in [0.2, 0.25) is 41.4 Å². The number of rotatable bonds is 20. The second kappa shape index (κ2) is 29.2. The number of carbonyl (C=O) groups excluding carboxylic acids is 7. The molecule has 0 saturated carbocycles. The average Bonchev–Trinajstić information content (AvgIpc) is 3.94. The first-order valence-electron chi connectivity index (χ1n) is 25.9. The van der Waals surface area contributed by atoms with E-state index in [0.717, 1.165) is 61.7 Å². The first kappa shape index (κ1) is 60.5. The fourth-order valence-corrected chi connectivity index (χ4v) is 9.79. The molecule has 0 aliphatic carbocycles. The minimum atomic E-state index is -2.26. The summed E-state index contributed by atoms with van der Waals surface area (Å²) in [5, 5.41) is 100. The van der Waals surface area contributed by atoms with E-state index in [-0.39, 0.29) is 43.7 Å². The molecular weight excluding hydrogens is 953 g/mol. The number of aromatic hydroxyl groups is 1. The number of nitrogens with zero attached hydrogens (tertiary/aromatic N) is 2. The van der Waals surface area contributed by atoms with E-state index in [1.165, 1.54) is 30.7 Å². The van der Waals surface area contributed by atoms with E-state index in [1.54, 1.807) is 0 Å². The lowest BCUT2D eigenvalue weighted by Gasteiger charge is -2.34. The molecule has 15 atom stereocenters. The predicted octanol–water partition coefficient (Wildman–Crippen LogP) is -2.19. The fraction of sp³-hybridized carbons (Fsp3) is 0.740. The van der Waals surface area contributed by atoms with Gasteiger partial charge in [-0.2, -0.15) is 0 Å². The van der Waals surface area contributed by atoms with Crippen LogP contribution in [0, 0.1) is 11.8 Å². The van der Waals surface area contributed by atoms with Crippen LogP contribution in [0.3, 0.4) is 0 Å². The summed E-state index contributed by atoms with van der Waals surface area (Å²) in [6.45, 7) is 6.32. The predicted molar refractivity (Wildman–Crippen MR) is 264 cm³/mol. The largest absolute Gasteiger partial charge is 0.508 e. The molecule has 73 heavy (non-hydrogen) atoms. The molecule has 7 amide bonds. The molecule has 3 fully saturated rings. The highest BCUT2D eigenvalue weighted by molar-refractivity contribution is 5.98. The highest BCUT2D eigenvalue weighted by atomic mass is 16.3. The summed E-state index contributed by atoms with van der Waals surface area (Å²) in [6.07, 6.45) is -4.74. The van der Waals surface area contributed by atoms with Crippen molar-refractivity contribution in [3.05, 3.63) is 29.8 Å². The van der Waals surface area contributed by atoms with Gasteiger partial charge in [-0.3, -0.25) is 33.6 Å². The van der Waals surface area contributed by atoms with Gasteiger partial charge in [-0.15, -0.1) is 0 Å². The van der Waals surface area contributed by atoms with E-state index in [9.17, 15) is 74.4 Å². The Balaban J connectivity index is 1.65. The summed E-state index contributed by atoms with van der Waals surface area (Å²) < 4.78 is 0. The number of carbonyl (C=O) groups is 7. The van der Waals surface area contributed by atoms with Crippen molar-refractivity contribution in [2.24, 2.45) is 17.6 Å². The molecule has 0 aromatic heterocycles. The zero-order valence-corrected chi connectivity index (χ0v) is 42.6. The number of aliphatic hydroxyl groups excluding tert-OH is 7. The standard InChI is InChI=1S/C50H82N8O15/c1-5-27(2)22-28(3)12-10-8-6-7-9-11-13-38(65)53-34-23-32(61)25-52-48(71)42-37(64)19-21-57(42)50(73)40(36(63)18-20-51)55-47(70)41(44(67)43(66)30-14-16-31(60)17-15-30)56-46(69)35-24-33(62)26-58(35)49(72)39(29(4)59)54-45(34)68/h14-17,27-29,32-37,39-44,59-64,66-67H,5-13,18-26,51H2,1-4H3,(H,52,71)(H,53,65)(H,54,68)(H,55,70)(H,56,69). The molecule has 3 aliphatic rings. The Morgan fingerprint density at radius 2 is 1.36 bits per heavy atom. The quantitative estimate of drug-likeness (QED) is 0.0617. The average molecular weight is 1040 g/mol. The van der Waals surface area contributed by atoms with Gasteiger partial charge in [-0.1, -0.05) is 77.8 Å². The Morgan fingerprint density at radius 1 is 0.740 bits per heavy atom. The third-order valence-corrected chi connectivity index (χ3v) is 14.2. The normalized spacial score (nSPS) is 28.5. The van der Waals surface area contributed by atoms with E-state index < -0.39 is 146 Å². The highest BCUT2D eigenvalue weighted by Crippen LogP contribution is 2.26. The van der Waals surface area contributed by atoms with Crippen LogP contribution in [0.5, 0.6) is 5.75 Å². The Kier molecular flexibility index (Phi) is 24.2. The van der Waals surface area contributed by atoms with Crippen molar-refractivity contribution in [3.8, 4) is 5.75 Å². The molecule has 23 nitrogen and oxygen atoms in total. The molecular formula is C50H82N8O15. The molecule has 412 valence electrons. The second-order valence-electron chi connectivity index (χ2n) is 20.4. The second-order valence-corrected chi connectivity index (χ2v) is 20.4. The number of β-amino-alcohol motifs (C(OH)–C–C–N with tert-alkyl or cyclic N) is 1. The maximum absolute atomic E-state index is 14.4. The summed E-state index contributed by atoms with van der Waals surface area (Å²) in [5.74, 6) is -6.18. The molecule has 0 spiro atoms. The Labute approximate surface area is 427 Å². The van der Waals surface area contributed by atoms with Crippen LogP contribution in [0.25, 0.3) is 0 Å². The van der Waals surface area contributed by atoms with Gasteiger partial charge in [0.25, 0.3) is 0 Å². The van der Waals surface area contributed by atoms with Crippen molar-refractivity contribution in [3.63, 3.8) is 0 Å². The van der Waals surface area contributed by atoms with Gasteiger partial charge in [0.1, 0.15) is 54.2 Å². The third kappa shape index (κ3) is 17.5. The molecule has 3 aliphatic heterocycles. The van der Waals surface area contributed by atoms with Gasteiger partial charge in [0, 0.05) is 38.9 Å². The molecule has 4 rings (SSSR count). The van der Waals surface area contributed by atoms with Crippen LogP contribution in [0.2, 0.25) is 0 Å². The minimum absolute atomic E-state index is 0.00714. The van der Waals surface area contributed by atoms with Crippen molar-refractivity contribution in [2.45, 2.75) is 197 Å². The van der Waals surface area contributed by atoms with Gasteiger partial charge >= 0.3 is 0 Å². The van der Waals surface area contributed by atoms with Crippen LogP contribution in [0.4, 0.5) is 0 Å². The van der Waals surface area contributed by atoms with E-state index in [4.69, 9.17) is 5.73 Å². The number of phenolic OH excluding ortho intramolecular Hbond substituents is 1. The Bertz CT molecular complexity index is 1980. The lowest BCUT2D eigenvalue weighted by molar-refractivity contribution is -0.148. The SMILES string of the molecule is CCC(C)CC(C)CCCCCCCCC(=O)NC1CC(O)CNC(=O)C2C(O)CCN2C(=O)C(C(O)CCN)NC(=O)C(C(O)C(O)c2ccc(O)cc2)NC(=O)C2CC(O)CN2C(=O)C(C(C)O)NC1=O. The zero-order valence-electron chi connectivity index (χ0n) is 42.6. The van der Waals surface area contributed by atoms with Gasteiger partial charge in [-0.05, 0) is 68.7 Å². The molecule has 0 radical (unpaired) electrons. The van der Waals surface area contributed by atoms with Gasteiger partial charge in [0.15, 0.2) is 0 Å². The van der Waals surface area contributed by atoms with Crippen molar-refractivity contribution >= 4 is 41.4 Å². The van der Waals surface area contributed by atoms with E-state index in [1.807, 2.05) is 0 Å². The number of hydrogen-bond acceptors (Lipinski definition) is 16. The topological polar surface area (TPSA) is 374 Å². The number of benzene rings is 1. The molecule has 0 bridgehead atoms. The third-order valence-electron chi connectivity index (χ3n) is 14.2. The van der Waals surface area contributed by atoms with Gasteiger partial charge < -0.3 is 83.0 Å². The zero-order chi connectivity index (χ0) is 54.1. The van der Waals surface area contributed by atoms with Crippen LogP contribution >= 0.6 is 0 Å². The molecule has 1 aromatic carbocycles. The molecule has 3 saturated heterocycles. The van der Waals surface area contributed by atoms with Crippen molar-refractivity contribution in [1.29, 1.82) is 0 Å². The number of nitrogens with two attached hydrogens (primary N) is 1. The maximum atomic E-state index is 14.4. The fourth-order valence-electron chi connectivity index (χ4n) is 9.79. The van der Waals surface area contributed by atoms with E-state index in [0.29, 0.717) is 18.3 Å². The van der Waals surface area contributed by atoms with Crippen LogP contribution in [-0.4, -0.2) is 191 Å². The summed E-state index contributed by atoms with van der Waals surface area (Å²) >= 11 is 0. The molecule has 1 aromatic rings. The van der Waals surface area contributed by atoms with Crippen LogP contribution in [0.15, 0.2) is 24.3 Å². The number of phenols is 1. The molecule has 23 heteroatoms. The number of aliphatic hydroxyl groups is 7. The number of nitrogens with one attached hydrogen (secondary N) is 5. The number of unbranched alkanes of at least 4 members (excludes halogenated alkanes) is 5. The van der Waals surface area contributed by atoms with Gasteiger partial charge in [0.05, 0.1) is 30.5 Å². The summed E-state index contributed by atoms with van der Waals surface area (Å²) in [5.41, 5.74) is 5.66. The number of amides is 7. The van der Waals surface area contributed by atoms with Crippen molar-refractivity contribution in [1.82, 2.24) is 36.4 Å². The molecule has 3 heterocycles. The van der Waals surface area contributed by atoms with Crippen LogP contribution < -0.4 is 32.3 Å². The number of hydrogen-bond donors (Lipinski definition) is 14. The first-order chi connectivity index (χ1) is 34.6. The smallest absolute Gasteiger partial charge is 0.248 e. The monoisotopic (exact) mass is 1030 g/mol. The van der Waals surface area contributed by atoms with Crippen LogP contribution in [-0.2, 0) is 33.6 Å². The van der Waals surface area contributed by atoms with Crippen LogP contribution in [0.1, 0.15) is 129 Å². The van der Waals surface area contributed by atoms with Crippen molar-refractivity contribution in [2.75, 3.05) is 26.2 Å².